The van der Waals surface area contributed by atoms with E-state index in [-0.39, 0.29) is 5.97 Å². The van der Waals surface area contributed by atoms with Gasteiger partial charge in [0.15, 0.2) is 0 Å². The van der Waals surface area contributed by atoms with Crippen molar-refractivity contribution in [2.24, 2.45) is 11.3 Å². The highest BCUT2D eigenvalue weighted by molar-refractivity contribution is 6.30. The van der Waals surface area contributed by atoms with E-state index in [9.17, 15) is 4.79 Å². The average Bonchev–Trinajstić information content (AvgIpc) is 3.28. The molecule has 2 saturated carbocycles. The Hall–Kier alpha value is -1.02. The summed E-state index contributed by atoms with van der Waals surface area (Å²) in [5.41, 5.74) is 1.44. The van der Waals surface area contributed by atoms with Crippen molar-refractivity contribution >= 4 is 17.6 Å². The van der Waals surface area contributed by atoms with Crippen LogP contribution in [0.15, 0.2) is 30.3 Å². The molecule has 90 valence electrons. The lowest BCUT2D eigenvalue weighted by molar-refractivity contribution is -0.145. The number of rotatable bonds is 4. The number of hydrogen-bond donors (Lipinski definition) is 0. The maximum Gasteiger partial charge on any atom is 0.324 e. The number of halogens is 1. The first-order valence-electron chi connectivity index (χ1n) is 6.06. The van der Waals surface area contributed by atoms with E-state index in [1.54, 1.807) is 0 Å². The van der Waals surface area contributed by atoms with Crippen molar-refractivity contribution in [1.29, 1.82) is 0 Å². The molecule has 3 heteroatoms. The number of benzene rings is 1. The van der Waals surface area contributed by atoms with Crippen LogP contribution in [0, 0.1) is 11.3 Å². The van der Waals surface area contributed by atoms with Crippen LogP contribution in [0.5, 0.6) is 0 Å². The number of carbonyl (C=O) groups is 1. The van der Waals surface area contributed by atoms with Gasteiger partial charge in [0.25, 0.3) is 0 Å². The fourth-order valence-corrected chi connectivity index (χ4v) is 2.92. The number of ether oxygens (including phenoxy) is 1. The summed E-state index contributed by atoms with van der Waals surface area (Å²) in [6.07, 6.45) is 3.60. The summed E-state index contributed by atoms with van der Waals surface area (Å²) in [4.78, 5) is 11.8. The molecule has 0 N–H and O–H groups in total. The molecule has 2 nitrogen and oxygen atoms in total. The molecule has 1 aromatic carbocycles. The molecule has 0 aliphatic heterocycles. The minimum absolute atomic E-state index is 0.260. The van der Waals surface area contributed by atoms with Crippen LogP contribution >= 0.6 is 11.6 Å². The highest BCUT2D eigenvalue weighted by Gasteiger charge is 2.66. The normalized spacial score (nSPS) is 25.4. The van der Waals surface area contributed by atoms with Crippen molar-refractivity contribution < 1.29 is 9.53 Å². The highest BCUT2D eigenvalue weighted by atomic mass is 35.5. The number of esters is 1. The Morgan fingerprint density at radius 3 is 2.71 bits per heavy atom. The molecular weight excluding hydrogens is 236 g/mol. The molecule has 2 aliphatic rings. The van der Waals surface area contributed by atoms with Crippen molar-refractivity contribution in [3.63, 3.8) is 0 Å². The molecule has 2 atom stereocenters. The second kappa shape index (κ2) is 4.02. The van der Waals surface area contributed by atoms with Crippen LogP contribution in [0.2, 0.25) is 0 Å². The monoisotopic (exact) mass is 250 g/mol. The van der Waals surface area contributed by atoms with Gasteiger partial charge in [-0.2, -0.15) is 0 Å². The summed E-state index contributed by atoms with van der Waals surface area (Å²) in [7, 11) is 0. The second-order valence-corrected chi connectivity index (χ2v) is 5.64. The van der Waals surface area contributed by atoms with E-state index < -0.39 is 5.38 Å². The lowest BCUT2D eigenvalue weighted by atomic mass is 10.2. The SMILES string of the molecule is O=C(OCc1ccccc1)C(Cl)C1CC12CC2. The first-order valence-corrected chi connectivity index (χ1v) is 6.50. The first kappa shape index (κ1) is 11.1. The van der Waals surface area contributed by atoms with Crippen LogP contribution in [-0.2, 0) is 16.1 Å². The standard InChI is InChI=1S/C14H15ClO2/c15-12(11-8-14(11)6-7-14)13(16)17-9-10-4-2-1-3-5-10/h1-5,11-12H,6-9H2. The maximum absolute atomic E-state index is 11.8. The highest BCUT2D eigenvalue weighted by Crippen LogP contribution is 2.72. The predicted octanol–water partition coefficient (Wildman–Crippen LogP) is 3.14. The molecule has 17 heavy (non-hydrogen) atoms. The zero-order valence-corrected chi connectivity index (χ0v) is 10.3. The van der Waals surface area contributed by atoms with Crippen LogP contribution in [0.25, 0.3) is 0 Å². The minimum Gasteiger partial charge on any atom is -0.460 e. The minimum atomic E-state index is -0.443. The van der Waals surface area contributed by atoms with Crippen LogP contribution in [0.3, 0.4) is 0 Å². The number of alkyl halides is 1. The summed E-state index contributed by atoms with van der Waals surface area (Å²) in [6.45, 7) is 0.322. The Balaban J connectivity index is 1.50. The average molecular weight is 251 g/mol. The molecule has 1 aromatic rings. The Labute approximate surface area is 106 Å². The smallest absolute Gasteiger partial charge is 0.324 e. The third-order valence-electron chi connectivity index (χ3n) is 3.95. The molecule has 2 unspecified atom stereocenters. The van der Waals surface area contributed by atoms with Crippen molar-refractivity contribution in [3.05, 3.63) is 35.9 Å². The van der Waals surface area contributed by atoms with E-state index in [1.165, 1.54) is 12.8 Å². The van der Waals surface area contributed by atoms with Crippen molar-refractivity contribution in [2.45, 2.75) is 31.2 Å². The van der Waals surface area contributed by atoms with Crippen molar-refractivity contribution in [3.8, 4) is 0 Å². The topological polar surface area (TPSA) is 26.3 Å². The van der Waals surface area contributed by atoms with Crippen LogP contribution in [-0.4, -0.2) is 11.3 Å². The van der Waals surface area contributed by atoms with Gasteiger partial charge in [0.2, 0.25) is 0 Å². The third kappa shape index (κ3) is 2.19. The number of carbonyl (C=O) groups excluding carboxylic acids is 1. The number of hydrogen-bond acceptors (Lipinski definition) is 2. The van der Waals surface area contributed by atoms with Gasteiger partial charge in [-0.3, -0.25) is 4.79 Å². The molecule has 2 fully saturated rings. The summed E-state index contributed by atoms with van der Waals surface area (Å²) in [5, 5.41) is -0.443. The van der Waals surface area contributed by atoms with E-state index in [1.807, 2.05) is 30.3 Å². The molecular formula is C14H15ClO2. The van der Waals surface area contributed by atoms with Gasteiger partial charge in [0.1, 0.15) is 12.0 Å². The van der Waals surface area contributed by atoms with Gasteiger partial charge in [0.05, 0.1) is 0 Å². The molecule has 0 aromatic heterocycles. The fraction of sp³-hybridized carbons (Fsp3) is 0.500. The molecule has 0 bridgehead atoms. The van der Waals surface area contributed by atoms with E-state index in [4.69, 9.17) is 16.3 Å². The van der Waals surface area contributed by atoms with E-state index >= 15 is 0 Å². The van der Waals surface area contributed by atoms with Gasteiger partial charge >= 0.3 is 5.97 Å². The quantitative estimate of drug-likeness (QED) is 0.606. The lowest BCUT2D eigenvalue weighted by Gasteiger charge is -2.09. The van der Waals surface area contributed by atoms with Crippen molar-refractivity contribution in [2.75, 3.05) is 0 Å². The summed E-state index contributed by atoms with van der Waals surface area (Å²) >= 11 is 6.14. The lowest BCUT2D eigenvalue weighted by Crippen LogP contribution is -2.20. The molecule has 2 aliphatic carbocycles. The van der Waals surface area contributed by atoms with Crippen LogP contribution in [0.1, 0.15) is 24.8 Å². The zero-order chi connectivity index (χ0) is 11.9. The Kier molecular flexibility index (Phi) is 2.62. The molecule has 3 rings (SSSR count). The third-order valence-corrected chi connectivity index (χ3v) is 4.43. The van der Waals surface area contributed by atoms with Gasteiger partial charge < -0.3 is 4.74 Å². The summed E-state index contributed by atoms with van der Waals surface area (Å²) in [5.74, 6) is 0.108. The van der Waals surface area contributed by atoms with Crippen LogP contribution in [0.4, 0.5) is 0 Å². The largest absolute Gasteiger partial charge is 0.460 e. The predicted molar refractivity (Wildman–Crippen MR) is 65.7 cm³/mol. The van der Waals surface area contributed by atoms with Gasteiger partial charge in [-0.05, 0) is 36.2 Å². The molecule has 1 spiro atoms. The molecule has 0 heterocycles. The first-order chi connectivity index (χ1) is 8.21. The summed E-state index contributed by atoms with van der Waals surface area (Å²) < 4.78 is 5.24. The Bertz CT molecular complexity index is 425. The van der Waals surface area contributed by atoms with E-state index in [2.05, 4.69) is 0 Å². The molecule has 0 saturated heterocycles. The molecule has 0 amide bonds. The zero-order valence-electron chi connectivity index (χ0n) is 9.56. The second-order valence-electron chi connectivity index (χ2n) is 5.17. The van der Waals surface area contributed by atoms with Crippen molar-refractivity contribution in [1.82, 2.24) is 0 Å². The fourth-order valence-electron chi connectivity index (χ4n) is 2.50. The van der Waals surface area contributed by atoms with Gasteiger partial charge in [-0.25, -0.2) is 0 Å². The van der Waals surface area contributed by atoms with E-state index in [0.717, 1.165) is 12.0 Å². The van der Waals surface area contributed by atoms with Crippen LogP contribution < -0.4 is 0 Å². The Morgan fingerprint density at radius 1 is 1.41 bits per heavy atom. The van der Waals surface area contributed by atoms with Gasteiger partial charge in [-0.15, -0.1) is 11.6 Å². The Morgan fingerprint density at radius 2 is 2.12 bits per heavy atom. The maximum atomic E-state index is 11.8. The van der Waals surface area contributed by atoms with Gasteiger partial charge in [-0.1, -0.05) is 30.3 Å². The molecule has 0 radical (unpaired) electrons. The van der Waals surface area contributed by atoms with Gasteiger partial charge in [0, 0.05) is 0 Å². The summed E-state index contributed by atoms with van der Waals surface area (Å²) in [6, 6.07) is 9.69. The van der Waals surface area contributed by atoms with E-state index in [0.29, 0.717) is 17.9 Å².